The van der Waals surface area contributed by atoms with Gasteiger partial charge in [-0.25, -0.2) is 14.8 Å². The van der Waals surface area contributed by atoms with Crippen molar-refractivity contribution in [2.45, 2.75) is 59.5 Å². The first kappa shape index (κ1) is 29.5. The van der Waals surface area contributed by atoms with Crippen molar-refractivity contribution < 1.29 is 23.9 Å². The number of hydrogen-bond acceptors (Lipinski definition) is 9. The Morgan fingerprint density at radius 3 is 2.83 bits per heavy atom. The molecule has 2 unspecified atom stereocenters. The van der Waals surface area contributed by atoms with Gasteiger partial charge in [-0.3, -0.25) is 0 Å². The van der Waals surface area contributed by atoms with Gasteiger partial charge in [0.1, 0.15) is 24.2 Å². The van der Waals surface area contributed by atoms with E-state index in [-0.39, 0.29) is 12.7 Å². The predicted molar refractivity (Wildman–Crippen MR) is 152 cm³/mol. The van der Waals surface area contributed by atoms with Crippen LogP contribution in [0.25, 0.3) is 22.6 Å². The number of nitrogens with one attached hydrogen (secondary N) is 1. The lowest BCUT2D eigenvalue weighted by atomic mass is 9.91. The number of nitrogens with zero attached hydrogens (tertiary/aromatic N) is 4. The molecule has 2 N–H and O–H groups in total. The highest BCUT2D eigenvalue weighted by Crippen LogP contribution is 2.33. The van der Waals surface area contributed by atoms with Crippen LogP contribution in [0.15, 0.2) is 28.8 Å². The summed E-state index contributed by atoms with van der Waals surface area (Å²) in [5, 5.41) is 17.1. The molecular formula is C30H41N5O5. The summed E-state index contributed by atoms with van der Waals surface area (Å²) in [4.78, 5) is 24.1. The Morgan fingerprint density at radius 1 is 1.27 bits per heavy atom. The normalized spacial score (nSPS) is 16.1. The molecule has 1 aliphatic heterocycles. The molecule has 3 aromatic rings. The monoisotopic (exact) mass is 551 g/mol. The van der Waals surface area contributed by atoms with Gasteiger partial charge in [0.05, 0.1) is 23.6 Å². The molecule has 0 aliphatic carbocycles. The zero-order valence-electron chi connectivity index (χ0n) is 24.2. The van der Waals surface area contributed by atoms with Crippen LogP contribution >= 0.6 is 0 Å². The summed E-state index contributed by atoms with van der Waals surface area (Å²) in [5.41, 5.74) is 5.26. The van der Waals surface area contributed by atoms with E-state index >= 15 is 0 Å². The van der Waals surface area contributed by atoms with Crippen molar-refractivity contribution in [3.8, 4) is 28.4 Å². The zero-order chi connectivity index (χ0) is 28.6. The molecule has 3 heterocycles. The average molecular weight is 552 g/mol. The largest absolute Gasteiger partial charge is 0.491 e. The first-order chi connectivity index (χ1) is 19.3. The number of likely N-dealkylation sites (N-methyl/N-ethyl adjacent to an activating group) is 1. The second-order valence-corrected chi connectivity index (χ2v) is 10.4. The molecule has 0 bridgehead atoms. The van der Waals surface area contributed by atoms with Crippen LogP contribution < -0.4 is 10.1 Å². The second kappa shape index (κ2) is 13.7. The molecule has 2 aromatic heterocycles. The molecule has 1 aromatic carbocycles. The smallest absolute Gasteiger partial charge is 0.409 e. The number of piperidine rings is 1. The first-order valence-electron chi connectivity index (χ1n) is 14.1. The third-order valence-electron chi connectivity index (χ3n) is 7.33. The van der Waals surface area contributed by atoms with Gasteiger partial charge in [0.15, 0.2) is 5.82 Å². The van der Waals surface area contributed by atoms with E-state index in [0.29, 0.717) is 42.9 Å². The molecule has 1 aliphatic rings. The van der Waals surface area contributed by atoms with Crippen molar-refractivity contribution in [3.63, 3.8) is 0 Å². The molecule has 1 saturated heterocycles. The molecule has 1 fully saturated rings. The molecule has 1 amide bonds. The number of aliphatic hydroxyl groups is 1. The van der Waals surface area contributed by atoms with Crippen molar-refractivity contribution >= 4 is 6.09 Å². The summed E-state index contributed by atoms with van der Waals surface area (Å²) in [7, 11) is 1.79. The molecule has 10 heteroatoms. The van der Waals surface area contributed by atoms with Gasteiger partial charge in [-0.1, -0.05) is 17.3 Å². The summed E-state index contributed by atoms with van der Waals surface area (Å²) in [5.74, 6) is 2.32. The minimum Gasteiger partial charge on any atom is -0.491 e. The van der Waals surface area contributed by atoms with Crippen molar-refractivity contribution in [2.75, 3.05) is 39.9 Å². The number of rotatable bonds is 11. The Bertz CT molecular complexity index is 1270. The van der Waals surface area contributed by atoms with Gasteiger partial charge in [-0.2, -0.15) is 0 Å². The van der Waals surface area contributed by atoms with Crippen molar-refractivity contribution in [1.82, 2.24) is 25.3 Å². The first-order valence-corrected chi connectivity index (χ1v) is 14.1. The number of hydrogen-bond donors (Lipinski definition) is 2. The number of aromatic nitrogens is 3. The lowest BCUT2D eigenvalue weighted by Gasteiger charge is -2.32. The topological polar surface area (TPSA) is 123 Å². The Morgan fingerprint density at radius 2 is 2.10 bits per heavy atom. The van der Waals surface area contributed by atoms with Crippen LogP contribution in [0.3, 0.4) is 0 Å². The fraction of sp³-hybridized carbons (Fsp3) is 0.533. The van der Waals surface area contributed by atoms with Gasteiger partial charge in [0.2, 0.25) is 0 Å². The molecule has 4 rings (SSSR count). The highest BCUT2D eigenvalue weighted by molar-refractivity contribution is 5.71. The molecule has 216 valence electrons. The number of carbonyl (C=O) groups is 1. The van der Waals surface area contributed by atoms with E-state index in [9.17, 15) is 9.90 Å². The highest BCUT2D eigenvalue weighted by Gasteiger charge is 2.26. The van der Waals surface area contributed by atoms with E-state index in [1.54, 1.807) is 7.05 Å². The standard InChI is InChI=1S/C30H41N5O5/c1-6-38-30(37)35-14-8-9-22(17-35)12-13-26-19(2)28(27-20(3)34-40-21(27)4)33-29(32-26)23-10-7-11-25(15-23)39-18-24(36)16-31-5/h7,10-11,15,22,24,31,36H,6,8-9,12-14,16-18H2,1-5H3. The Balaban J connectivity index is 1.62. The van der Waals surface area contributed by atoms with E-state index in [0.717, 1.165) is 66.0 Å². The number of ether oxygens (including phenoxy) is 2. The van der Waals surface area contributed by atoms with E-state index < -0.39 is 6.10 Å². The van der Waals surface area contributed by atoms with Gasteiger partial charge in [-0.05, 0) is 84.0 Å². The maximum atomic E-state index is 12.3. The van der Waals surface area contributed by atoms with E-state index in [2.05, 4.69) is 17.4 Å². The molecular weight excluding hydrogens is 510 g/mol. The minimum atomic E-state index is -0.610. The number of benzene rings is 1. The molecule has 0 radical (unpaired) electrons. The average Bonchev–Trinajstić information content (AvgIpc) is 3.29. The summed E-state index contributed by atoms with van der Waals surface area (Å²) >= 11 is 0. The fourth-order valence-electron chi connectivity index (χ4n) is 5.23. The third-order valence-corrected chi connectivity index (χ3v) is 7.33. The fourth-order valence-corrected chi connectivity index (χ4v) is 5.23. The van der Waals surface area contributed by atoms with Crippen LogP contribution in [0.1, 0.15) is 48.9 Å². The number of carbonyl (C=O) groups excluding carboxylic acids is 1. The predicted octanol–water partition coefficient (Wildman–Crippen LogP) is 4.48. The maximum absolute atomic E-state index is 12.3. The van der Waals surface area contributed by atoms with Gasteiger partial charge >= 0.3 is 6.09 Å². The molecule has 10 nitrogen and oxygen atoms in total. The Labute approximate surface area is 236 Å². The van der Waals surface area contributed by atoms with Crippen molar-refractivity contribution in [1.29, 1.82) is 0 Å². The zero-order valence-corrected chi connectivity index (χ0v) is 24.2. The van der Waals surface area contributed by atoms with E-state index in [1.165, 1.54) is 0 Å². The number of aliphatic hydroxyl groups excluding tert-OH is 1. The van der Waals surface area contributed by atoms with Gasteiger partial charge in [0, 0.05) is 30.9 Å². The maximum Gasteiger partial charge on any atom is 0.409 e. The molecule has 0 spiro atoms. The molecule has 0 saturated carbocycles. The summed E-state index contributed by atoms with van der Waals surface area (Å²) in [6.45, 7) is 10.2. The third kappa shape index (κ3) is 7.17. The SMILES string of the molecule is CCOC(=O)N1CCCC(CCc2nc(-c3cccc(OCC(O)CNC)c3)nc(-c3c(C)noc3C)c2C)C1. The van der Waals surface area contributed by atoms with Crippen molar-refractivity contribution in [2.24, 2.45) is 5.92 Å². The number of amides is 1. The van der Waals surface area contributed by atoms with Crippen LogP contribution in [-0.4, -0.2) is 77.2 Å². The number of aryl methyl sites for hydroxylation is 3. The Hall–Kier alpha value is -3.50. The quantitative estimate of drug-likeness (QED) is 0.355. The molecule has 2 atom stereocenters. The minimum absolute atomic E-state index is 0.179. The van der Waals surface area contributed by atoms with Crippen LogP contribution in [0.5, 0.6) is 5.75 Å². The number of likely N-dealkylation sites (tertiary alicyclic amines) is 1. The van der Waals surface area contributed by atoms with E-state index in [1.807, 2.05) is 49.9 Å². The summed E-state index contributed by atoms with van der Waals surface area (Å²) in [6, 6.07) is 7.62. The van der Waals surface area contributed by atoms with Gasteiger partial charge in [0.25, 0.3) is 0 Å². The summed E-state index contributed by atoms with van der Waals surface area (Å²) < 4.78 is 16.6. The van der Waals surface area contributed by atoms with Gasteiger partial charge in [-0.15, -0.1) is 0 Å². The van der Waals surface area contributed by atoms with Crippen molar-refractivity contribution in [3.05, 3.63) is 47.0 Å². The second-order valence-electron chi connectivity index (χ2n) is 10.4. The van der Waals surface area contributed by atoms with Crippen LogP contribution in [-0.2, 0) is 11.2 Å². The summed E-state index contributed by atoms with van der Waals surface area (Å²) in [6.07, 6.45) is 2.86. The molecule has 40 heavy (non-hydrogen) atoms. The van der Waals surface area contributed by atoms with Crippen LogP contribution in [0.4, 0.5) is 4.79 Å². The highest BCUT2D eigenvalue weighted by atomic mass is 16.6. The van der Waals surface area contributed by atoms with Gasteiger partial charge < -0.3 is 29.3 Å². The lowest BCUT2D eigenvalue weighted by Crippen LogP contribution is -2.40. The lowest BCUT2D eigenvalue weighted by molar-refractivity contribution is 0.0871. The Kier molecular flexibility index (Phi) is 10.1. The van der Waals surface area contributed by atoms with Crippen LogP contribution in [0.2, 0.25) is 0 Å². The van der Waals surface area contributed by atoms with E-state index in [4.69, 9.17) is 24.0 Å². The van der Waals surface area contributed by atoms with Crippen LogP contribution in [0, 0.1) is 26.7 Å².